The average Bonchev–Trinajstić information content (AvgIpc) is 3.15. The third kappa shape index (κ3) is 3.16. The minimum atomic E-state index is -0.548. The van der Waals surface area contributed by atoms with E-state index >= 15 is 0 Å². The van der Waals surface area contributed by atoms with Gasteiger partial charge in [0.15, 0.2) is 0 Å². The third-order valence-electron chi connectivity index (χ3n) is 5.15. The highest BCUT2D eigenvalue weighted by molar-refractivity contribution is 6.16. The van der Waals surface area contributed by atoms with Gasteiger partial charge < -0.3 is 14.6 Å². The van der Waals surface area contributed by atoms with E-state index in [0.29, 0.717) is 16.7 Å². The molecule has 2 aromatic carbocycles. The molecule has 2 heterocycles. The number of hydrogen-bond donors (Lipinski definition) is 1. The number of nitrogens with one attached hydrogen (secondary N) is 1. The van der Waals surface area contributed by atoms with Crippen molar-refractivity contribution >= 4 is 45.9 Å². The van der Waals surface area contributed by atoms with Crippen molar-refractivity contribution in [2.45, 2.75) is 6.92 Å². The Morgan fingerprint density at radius 3 is 2.53 bits per heavy atom. The largest absolute Gasteiger partial charge is 0.465 e. The van der Waals surface area contributed by atoms with Gasteiger partial charge in [-0.15, -0.1) is 0 Å². The summed E-state index contributed by atoms with van der Waals surface area (Å²) < 4.78 is 6.59. The molecule has 0 atom stereocenters. The summed E-state index contributed by atoms with van der Waals surface area (Å²) in [6, 6.07) is 15.7. The van der Waals surface area contributed by atoms with Crippen LogP contribution in [0.2, 0.25) is 0 Å². The fraction of sp³-hybridized carbons (Fsp3) is 0.167. The lowest BCUT2D eigenvalue weighted by Gasteiger charge is -2.11. The Balaban J connectivity index is 2.13. The van der Waals surface area contributed by atoms with Gasteiger partial charge in [0, 0.05) is 25.7 Å². The lowest BCUT2D eigenvalue weighted by Crippen LogP contribution is -2.19. The Morgan fingerprint density at radius 2 is 1.87 bits per heavy atom. The van der Waals surface area contributed by atoms with Crippen LogP contribution in [0.3, 0.4) is 0 Å². The van der Waals surface area contributed by atoms with Gasteiger partial charge in [-0.05, 0) is 30.7 Å². The zero-order chi connectivity index (χ0) is 21.4. The monoisotopic (exact) mass is 401 g/mol. The standard InChI is InChI=1S/C24H23N3O3/c1-15-10-11-18-17(14-15)21-19(20(24(29)30-4)22(25-21)26(2)3)23(28)27(18)13-12-16-8-6-5-7-9-16/h5-14,25H,1-4H3. The number of carbonyl (C=O) groups excluding carboxylic acids is 1. The van der Waals surface area contributed by atoms with Crippen molar-refractivity contribution in [2.24, 2.45) is 0 Å². The van der Waals surface area contributed by atoms with Gasteiger partial charge in [-0.3, -0.25) is 9.36 Å². The maximum absolute atomic E-state index is 13.6. The number of H-pyrrole nitrogens is 1. The molecule has 0 aliphatic rings. The molecule has 0 unspecified atom stereocenters. The van der Waals surface area contributed by atoms with Crippen molar-refractivity contribution in [2.75, 3.05) is 26.1 Å². The Kier molecular flexibility index (Phi) is 4.91. The molecule has 0 radical (unpaired) electrons. The molecule has 152 valence electrons. The highest BCUT2D eigenvalue weighted by atomic mass is 16.5. The van der Waals surface area contributed by atoms with Crippen molar-refractivity contribution in [3.8, 4) is 0 Å². The first-order chi connectivity index (χ1) is 14.4. The summed E-state index contributed by atoms with van der Waals surface area (Å²) >= 11 is 0. The Hall–Kier alpha value is -3.80. The van der Waals surface area contributed by atoms with E-state index in [1.165, 1.54) is 7.11 Å². The van der Waals surface area contributed by atoms with Crippen LogP contribution in [0, 0.1) is 6.92 Å². The van der Waals surface area contributed by atoms with Gasteiger partial charge in [0.2, 0.25) is 0 Å². The number of anilines is 1. The number of hydrogen-bond acceptors (Lipinski definition) is 4. The topological polar surface area (TPSA) is 67.3 Å². The molecule has 0 aliphatic heterocycles. The number of nitrogens with zero attached hydrogens (tertiary/aromatic N) is 2. The second-order valence-corrected chi connectivity index (χ2v) is 7.41. The van der Waals surface area contributed by atoms with Crippen LogP contribution < -0.4 is 10.5 Å². The minimum Gasteiger partial charge on any atom is -0.465 e. The molecular formula is C24H23N3O3. The number of methoxy groups -OCH3 is 1. The molecule has 4 aromatic rings. The number of aromatic nitrogens is 2. The van der Waals surface area contributed by atoms with Crippen molar-refractivity contribution in [1.29, 1.82) is 0 Å². The highest BCUT2D eigenvalue weighted by Gasteiger charge is 2.25. The van der Waals surface area contributed by atoms with Gasteiger partial charge in [-0.2, -0.15) is 0 Å². The molecule has 0 aliphatic carbocycles. The third-order valence-corrected chi connectivity index (χ3v) is 5.15. The van der Waals surface area contributed by atoms with Crippen molar-refractivity contribution < 1.29 is 9.53 Å². The second-order valence-electron chi connectivity index (χ2n) is 7.41. The normalized spacial score (nSPS) is 11.5. The van der Waals surface area contributed by atoms with E-state index in [0.717, 1.165) is 22.0 Å². The number of benzene rings is 2. The van der Waals surface area contributed by atoms with E-state index in [-0.39, 0.29) is 11.1 Å². The lowest BCUT2D eigenvalue weighted by atomic mass is 10.1. The average molecular weight is 401 g/mol. The van der Waals surface area contributed by atoms with Crippen LogP contribution in [0.4, 0.5) is 5.82 Å². The van der Waals surface area contributed by atoms with Gasteiger partial charge in [-0.1, -0.05) is 42.0 Å². The zero-order valence-corrected chi connectivity index (χ0v) is 17.4. The quantitative estimate of drug-likeness (QED) is 0.519. The maximum atomic E-state index is 13.6. The summed E-state index contributed by atoms with van der Waals surface area (Å²) in [5.74, 6) is -0.00538. The SMILES string of the molecule is COC(=O)c1c(N(C)C)[nH]c2c1c(=O)n(C=Cc1ccccc1)c1ccc(C)cc21. The lowest BCUT2D eigenvalue weighted by molar-refractivity contribution is 0.0603. The van der Waals surface area contributed by atoms with Crippen LogP contribution in [0.5, 0.6) is 0 Å². The fourth-order valence-corrected chi connectivity index (χ4v) is 3.70. The molecule has 0 spiro atoms. The first-order valence-corrected chi connectivity index (χ1v) is 9.61. The molecule has 0 bridgehead atoms. The van der Waals surface area contributed by atoms with Gasteiger partial charge in [0.05, 0.1) is 23.5 Å². The maximum Gasteiger partial charge on any atom is 0.342 e. The molecule has 30 heavy (non-hydrogen) atoms. The number of pyridine rings is 1. The number of rotatable bonds is 4. The van der Waals surface area contributed by atoms with Crippen LogP contribution in [-0.2, 0) is 4.74 Å². The molecule has 2 aromatic heterocycles. The highest BCUT2D eigenvalue weighted by Crippen LogP contribution is 2.32. The molecule has 4 rings (SSSR count). The Bertz CT molecular complexity index is 1350. The summed E-state index contributed by atoms with van der Waals surface area (Å²) in [4.78, 5) is 31.3. The van der Waals surface area contributed by atoms with Crippen LogP contribution in [0.25, 0.3) is 34.1 Å². The number of aryl methyl sites for hydroxylation is 1. The van der Waals surface area contributed by atoms with Crippen LogP contribution in [0.15, 0.2) is 53.3 Å². The fourth-order valence-electron chi connectivity index (χ4n) is 3.70. The van der Waals surface area contributed by atoms with E-state index in [1.54, 1.807) is 15.7 Å². The van der Waals surface area contributed by atoms with Crippen molar-refractivity contribution in [3.63, 3.8) is 0 Å². The van der Waals surface area contributed by atoms with Crippen molar-refractivity contribution in [3.05, 3.63) is 75.6 Å². The van der Waals surface area contributed by atoms with Crippen LogP contribution in [0.1, 0.15) is 21.5 Å². The summed E-state index contributed by atoms with van der Waals surface area (Å²) in [7, 11) is 4.95. The van der Waals surface area contributed by atoms with Crippen LogP contribution in [-0.4, -0.2) is 36.7 Å². The molecule has 0 saturated carbocycles. The Labute approximate surface area is 174 Å². The van der Waals surface area contributed by atoms with Gasteiger partial charge in [0.1, 0.15) is 11.4 Å². The number of ether oxygens (including phenoxy) is 1. The number of carbonyl (C=O) groups is 1. The molecule has 6 heteroatoms. The van der Waals surface area contributed by atoms with E-state index in [9.17, 15) is 9.59 Å². The van der Waals surface area contributed by atoms with Crippen LogP contribution >= 0.6 is 0 Å². The number of aromatic amines is 1. The van der Waals surface area contributed by atoms with E-state index in [1.807, 2.05) is 75.6 Å². The number of fused-ring (bicyclic) bond motifs is 3. The minimum absolute atomic E-state index is 0.243. The van der Waals surface area contributed by atoms with Gasteiger partial charge >= 0.3 is 5.97 Å². The Morgan fingerprint density at radius 1 is 1.13 bits per heavy atom. The smallest absolute Gasteiger partial charge is 0.342 e. The first-order valence-electron chi connectivity index (χ1n) is 9.61. The van der Waals surface area contributed by atoms with Crippen molar-refractivity contribution in [1.82, 2.24) is 9.55 Å². The molecule has 1 N–H and O–H groups in total. The van der Waals surface area contributed by atoms with E-state index in [4.69, 9.17) is 4.74 Å². The van der Waals surface area contributed by atoms with E-state index in [2.05, 4.69) is 4.98 Å². The van der Waals surface area contributed by atoms with E-state index < -0.39 is 5.97 Å². The predicted molar refractivity (Wildman–Crippen MR) is 122 cm³/mol. The molecule has 0 fully saturated rings. The molecule has 0 amide bonds. The second kappa shape index (κ2) is 7.55. The molecule has 6 nitrogen and oxygen atoms in total. The summed E-state index contributed by atoms with van der Waals surface area (Å²) in [6.45, 7) is 2.00. The van der Waals surface area contributed by atoms with Gasteiger partial charge in [-0.25, -0.2) is 4.79 Å². The summed E-state index contributed by atoms with van der Waals surface area (Å²) in [5.41, 5.74) is 3.38. The predicted octanol–water partition coefficient (Wildman–Crippen LogP) is 4.27. The van der Waals surface area contributed by atoms with Gasteiger partial charge in [0.25, 0.3) is 5.56 Å². The zero-order valence-electron chi connectivity index (χ0n) is 17.4. The summed E-state index contributed by atoms with van der Waals surface area (Å²) in [6.07, 6.45) is 3.63. The first kappa shape index (κ1) is 19.5. The summed E-state index contributed by atoms with van der Waals surface area (Å²) in [5, 5.41) is 1.18. The number of esters is 1. The molecular weight excluding hydrogens is 378 g/mol. The molecule has 0 saturated heterocycles.